The fraction of sp³-hybridized carbons (Fsp3) is 0.318. The number of nitrogens with one attached hydrogen (secondary N) is 1. The van der Waals surface area contributed by atoms with Crippen molar-refractivity contribution in [3.05, 3.63) is 65.2 Å². The zero-order valence-corrected chi connectivity index (χ0v) is 15.7. The lowest BCUT2D eigenvalue weighted by Crippen LogP contribution is -2.41. The van der Waals surface area contributed by atoms with Gasteiger partial charge in [-0.15, -0.1) is 0 Å². The van der Waals surface area contributed by atoms with Gasteiger partial charge in [0.1, 0.15) is 0 Å². The van der Waals surface area contributed by atoms with E-state index in [1.165, 1.54) is 6.92 Å². The molecule has 0 radical (unpaired) electrons. The number of likely N-dealkylation sites (tertiary alicyclic amines) is 1. The van der Waals surface area contributed by atoms with E-state index in [-0.39, 0.29) is 23.5 Å². The van der Waals surface area contributed by atoms with E-state index >= 15 is 0 Å². The Morgan fingerprint density at radius 3 is 2.26 bits per heavy atom. The number of hydrogen-bond donors (Lipinski definition) is 1. The summed E-state index contributed by atoms with van der Waals surface area (Å²) in [5, 5.41) is 2.96. The first-order valence-corrected chi connectivity index (χ1v) is 9.22. The van der Waals surface area contributed by atoms with Crippen molar-refractivity contribution >= 4 is 23.3 Å². The van der Waals surface area contributed by atoms with E-state index in [0.717, 1.165) is 5.56 Å². The maximum atomic E-state index is 12.6. The first-order chi connectivity index (χ1) is 13.0. The molecule has 0 aromatic heterocycles. The van der Waals surface area contributed by atoms with Crippen molar-refractivity contribution in [2.24, 2.45) is 5.92 Å². The molecule has 2 amide bonds. The Balaban J connectivity index is 1.60. The van der Waals surface area contributed by atoms with Gasteiger partial charge >= 0.3 is 0 Å². The van der Waals surface area contributed by atoms with E-state index < -0.39 is 0 Å². The summed E-state index contributed by atoms with van der Waals surface area (Å²) in [7, 11) is 0. The fourth-order valence-electron chi connectivity index (χ4n) is 3.32. The maximum absolute atomic E-state index is 12.6. The summed E-state index contributed by atoms with van der Waals surface area (Å²) in [5.74, 6) is -0.200. The molecule has 1 aliphatic rings. The van der Waals surface area contributed by atoms with Crippen LogP contribution in [-0.2, 0) is 4.79 Å². The van der Waals surface area contributed by atoms with E-state index in [1.807, 2.05) is 43.3 Å². The van der Waals surface area contributed by atoms with Crippen LogP contribution in [0, 0.1) is 12.8 Å². The Bertz CT molecular complexity index is 853. The molecule has 0 atom stereocenters. The number of carbonyl (C=O) groups is 3. The lowest BCUT2D eigenvalue weighted by Gasteiger charge is -2.31. The third kappa shape index (κ3) is 4.42. The number of ketones is 1. The zero-order valence-electron chi connectivity index (χ0n) is 15.7. The van der Waals surface area contributed by atoms with Gasteiger partial charge in [0.2, 0.25) is 5.91 Å². The number of aryl methyl sites for hydroxylation is 1. The van der Waals surface area contributed by atoms with Crippen LogP contribution in [0.15, 0.2) is 48.5 Å². The Labute approximate surface area is 159 Å². The molecule has 1 heterocycles. The molecule has 0 bridgehead atoms. The summed E-state index contributed by atoms with van der Waals surface area (Å²) in [6.45, 7) is 4.55. The Kier molecular flexibility index (Phi) is 5.69. The number of amides is 2. The molecule has 5 nitrogen and oxygen atoms in total. The van der Waals surface area contributed by atoms with Crippen molar-refractivity contribution in [1.29, 1.82) is 0 Å². The molecular weight excluding hydrogens is 340 g/mol. The lowest BCUT2D eigenvalue weighted by molar-refractivity contribution is -0.121. The minimum atomic E-state index is -0.134. The quantitative estimate of drug-likeness (QED) is 0.842. The molecule has 1 saturated heterocycles. The van der Waals surface area contributed by atoms with Gasteiger partial charge in [0.15, 0.2) is 5.78 Å². The molecule has 0 spiro atoms. The van der Waals surface area contributed by atoms with Crippen LogP contribution < -0.4 is 5.32 Å². The van der Waals surface area contributed by atoms with Crippen molar-refractivity contribution in [3.63, 3.8) is 0 Å². The molecule has 2 aromatic carbocycles. The van der Waals surface area contributed by atoms with Crippen LogP contribution in [0.5, 0.6) is 0 Å². The highest BCUT2D eigenvalue weighted by atomic mass is 16.2. The van der Waals surface area contributed by atoms with Crippen LogP contribution in [0.1, 0.15) is 46.0 Å². The number of anilines is 1. The number of hydrogen-bond acceptors (Lipinski definition) is 3. The van der Waals surface area contributed by atoms with Crippen LogP contribution in [0.25, 0.3) is 0 Å². The highest BCUT2D eigenvalue weighted by Crippen LogP contribution is 2.23. The number of carbonyl (C=O) groups excluding carboxylic acids is 3. The van der Waals surface area contributed by atoms with Gasteiger partial charge in [-0.3, -0.25) is 14.4 Å². The highest BCUT2D eigenvalue weighted by molar-refractivity contribution is 5.98. The van der Waals surface area contributed by atoms with Crippen LogP contribution in [-0.4, -0.2) is 35.6 Å². The number of piperidine rings is 1. The average Bonchev–Trinajstić information content (AvgIpc) is 2.69. The van der Waals surface area contributed by atoms with Gasteiger partial charge in [-0.1, -0.05) is 30.3 Å². The molecule has 1 aliphatic heterocycles. The minimum Gasteiger partial charge on any atom is -0.339 e. The van der Waals surface area contributed by atoms with Gasteiger partial charge < -0.3 is 10.2 Å². The molecule has 140 valence electrons. The van der Waals surface area contributed by atoms with Gasteiger partial charge in [0.25, 0.3) is 5.91 Å². The van der Waals surface area contributed by atoms with Crippen molar-refractivity contribution in [2.75, 3.05) is 18.4 Å². The Hall–Kier alpha value is -2.95. The molecule has 2 aromatic rings. The molecule has 5 heteroatoms. The summed E-state index contributed by atoms with van der Waals surface area (Å²) >= 11 is 0. The van der Waals surface area contributed by atoms with Crippen LogP contribution in [0.3, 0.4) is 0 Å². The summed E-state index contributed by atoms with van der Waals surface area (Å²) in [4.78, 5) is 38.5. The smallest absolute Gasteiger partial charge is 0.253 e. The number of Topliss-reactive ketones (excluding diaryl/α,β-unsaturated/α-hetero) is 1. The third-order valence-electron chi connectivity index (χ3n) is 5.08. The van der Waals surface area contributed by atoms with E-state index in [0.29, 0.717) is 42.7 Å². The second-order valence-electron chi connectivity index (χ2n) is 7.01. The number of rotatable bonds is 4. The standard InChI is InChI=1S/C22H24N2O3/c1-15-8-9-19(16(2)25)14-20(15)23-21(26)17-10-12-24(13-11-17)22(27)18-6-4-3-5-7-18/h3-9,14,17H,10-13H2,1-2H3,(H,23,26). The maximum Gasteiger partial charge on any atom is 0.253 e. The normalized spacial score (nSPS) is 14.7. The van der Waals surface area contributed by atoms with Crippen molar-refractivity contribution < 1.29 is 14.4 Å². The molecule has 0 aliphatic carbocycles. The SMILES string of the molecule is CC(=O)c1ccc(C)c(NC(=O)C2CCN(C(=O)c3ccccc3)CC2)c1. The van der Waals surface area contributed by atoms with Gasteiger partial charge in [0, 0.05) is 35.8 Å². The van der Waals surface area contributed by atoms with E-state index in [4.69, 9.17) is 0 Å². The van der Waals surface area contributed by atoms with Crippen molar-refractivity contribution in [1.82, 2.24) is 4.90 Å². The highest BCUT2D eigenvalue weighted by Gasteiger charge is 2.28. The topological polar surface area (TPSA) is 66.5 Å². The molecule has 0 saturated carbocycles. The van der Waals surface area contributed by atoms with E-state index in [2.05, 4.69) is 5.32 Å². The lowest BCUT2D eigenvalue weighted by atomic mass is 9.95. The Morgan fingerprint density at radius 2 is 1.63 bits per heavy atom. The van der Waals surface area contributed by atoms with Gasteiger partial charge in [-0.05, 0) is 50.5 Å². The largest absolute Gasteiger partial charge is 0.339 e. The summed E-state index contributed by atoms with van der Waals surface area (Å²) in [6, 6.07) is 14.5. The summed E-state index contributed by atoms with van der Waals surface area (Å²) in [6.07, 6.45) is 1.27. The molecule has 3 rings (SSSR count). The first kappa shape index (κ1) is 18.8. The average molecular weight is 364 g/mol. The van der Waals surface area contributed by atoms with Gasteiger partial charge in [-0.25, -0.2) is 0 Å². The molecular formula is C22H24N2O3. The molecule has 1 fully saturated rings. The van der Waals surface area contributed by atoms with Gasteiger partial charge in [0.05, 0.1) is 0 Å². The minimum absolute atomic E-state index is 0.0134. The molecule has 1 N–H and O–H groups in total. The summed E-state index contributed by atoms with van der Waals surface area (Å²) in [5.41, 5.74) is 2.86. The second-order valence-corrected chi connectivity index (χ2v) is 7.01. The zero-order chi connectivity index (χ0) is 19.4. The number of nitrogens with zero attached hydrogens (tertiary/aromatic N) is 1. The predicted octanol–water partition coefficient (Wildman–Crippen LogP) is 3.69. The monoisotopic (exact) mass is 364 g/mol. The number of benzene rings is 2. The van der Waals surface area contributed by atoms with Crippen LogP contribution >= 0.6 is 0 Å². The fourth-order valence-corrected chi connectivity index (χ4v) is 3.32. The van der Waals surface area contributed by atoms with Crippen molar-refractivity contribution in [2.45, 2.75) is 26.7 Å². The van der Waals surface area contributed by atoms with Crippen molar-refractivity contribution in [3.8, 4) is 0 Å². The predicted molar refractivity (Wildman–Crippen MR) is 105 cm³/mol. The summed E-state index contributed by atoms with van der Waals surface area (Å²) < 4.78 is 0. The van der Waals surface area contributed by atoms with E-state index in [1.54, 1.807) is 17.0 Å². The molecule has 0 unspecified atom stereocenters. The van der Waals surface area contributed by atoms with Crippen LogP contribution in [0.4, 0.5) is 5.69 Å². The Morgan fingerprint density at radius 1 is 0.963 bits per heavy atom. The second kappa shape index (κ2) is 8.16. The van der Waals surface area contributed by atoms with Crippen LogP contribution in [0.2, 0.25) is 0 Å². The third-order valence-corrected chi connectivity index (χ3v) is 5.08. The van der Waals surface area contributed by atoms with E-state index in [9.17, 15) is 14.4 Å². The molecule has 27 heavy (non-hydrogen) atoms. The van der Waals surface area contributed by atoms with Gasteiger partial charge in [-0.2, -0.15) is 0 Å². The first-order valence-electron chi connectivity index (χ1n) is 9.22.